The van der Waals surface area contributed by atoms with Crippen molar-refractivity contribution in [2.75, 3.05) is 0 Å². The van der Waals surface area contributed by atoms with Gasteiger partial charge < -0.3 is 0 Å². The first-order chi connectivity index (χ1) is 13.6. The van der Waals surface area contributed by atoms with E-state index in [4.69, 9.17) is 5.26 Å². The molecule has 3 aromatic rings. The van der Waals surface area contributed by atoms with Crippen molar-refractivity contribution in [2.24, 2.45) is 0 Å². The molecule has 0 bridgehead atoms. The lowest BCUT2D eigenvalue weighted by Gasteiger charge is -2.13. The van der Waals surface area contributed by atoms with Gasteiger partial charge in [-0.25, -0.2) is 0 Å². The van der Waals surface area contributed by atoms with Crippen LogP contribution < -0.4 is 0 Å². The van der Waals surface area contributed by atoms with Gasteiger partial charge in [-0.2, -0.15) is 31.6 Å². The summed E-state index contributed by atoms with van der Waals surface area (Å²) in [6.07, 6.45) is -9.27. The van der Waals surface area contributed by atoms with Crippen molar-refractivity contribution in [2.45, 2.75) is 18.8 Å². The summed E-state index contributed by atoms with van der Waals surface area (Å²) in [6, 6.07) is 13.9. The molecular formula is C21H12F6N2. The monoisotopic (exact) mass is 406 g/mol. The number of halogens is 6. The number of pyridine rings is 1. The fourth-order valence-electron chi connectivity index (χ4n) is 2.85. The van der Waals surface area contributed by atoms with Crippen molar-refractivity contribution in [1.82, 2.24) is 4.98 Å². The smallest absolute Gasteiger partial charge is 0.251 e. The number of rotatable bonds is 3. The summed E-state index contributed by atoms with van der Waals surface area (Å²) < 4.78 is 77.8. The highest BCUT2D eigenvalue weighted by atomic mass is 19.4. The summed E-state index contributed by atoms with van der Waals surface area (Å²) in [5, 5.41) is 9.07. The molecule has 1 aromatic heterocycles. The van der Waals surface area contributed by atoms with E-state index in [0.717, 1.165) is 24.3 Å². The Kier molecular flexibility index (Phi) is 5.33. The Morgan fingerprint density at radius 2 is 1.31 bits per heavy atom. The Morgan fingerprint density at radius 1 is 0.759 bits per heavy atom. The summed E-state index contributed by atoms with van der Waals surface area (Å²) in [4.78, 5) is 4.25. The normalized spacial score (nSPS) is 11.9. The van der Waals surface area contributed by atoms with E-state index < -0.39 is 23.5 Å². The van der Waals surface area contributed by atoms with Gasteiger partial charge in [0.15, 0.2) is 0 Å². The molecule has 0 atom stereocenters. The van der Waals surface area contributed by atoms with Gasteiger partial charge in [-0.05, 0) is 35.9 Å². The van der Waals surface area contributed by atoms with Crippen molar-refractivity contribution in [3.8, 4) is 28.5 Å². The Balaban J connectivity index is 2.09. The van der Waals surface area contributed by atoms with E-state index in [9.17, 15) is 26.3 Å². The molecule has 0 saturated heterocycles. The second-order valence-corrected chi connectivity index (χ2v) is 6.18. The van der Waals surface area contributed by atoms with Gasteiger partial charge in [0.2, 0.25) is 0 Å². The maximum absolute atomic E-state index is 13.0. The average molecular weight is 406 g/mol. The lowest BCUT2D eigenvalue weighted by atomic mass is 9.98. The molecule has 0 unspecified atom stereocenters. The van der Waals surface area contributed by atoms with Crippen LogP contribution in [-0.4, -0.2) is 4.98 Å². The summed E-state index contributed by atoms with van der Waals surface area (Å²) >= 11 is 0. The summed E-state index contributed by atoms with van der Waals surface area (Å²) in [5.41, 5.74) is -0.601. The average Bonchev–Trinajstić information content (AvgIpc) is 2.67. The Bertz CT molecular complexity index is 1080. The van der Waals surface area contributed by atoms with Gasteiger partial charge in [-0.1, -0.05) is 30.3 Å². The third-order valence-electron chi connectivity index (χ3n) is 4.21. The van der Waals surface area contributed by atoms with Gasteiger partial charge in [0.05, 0.1) is 35.0 Å². The van der Waals surface area contributed by atoms with Crippen molar-refractivity contribution in [1.29, 1.82) is 5.26 Å². The molecule has 148 valence electrons. The molecule has 0 aliphatic carbocycles. The zero-order valence-corrected chi connectivity index (χ0v) is 14.6. The molecule has 0 radical (unpaired) electrons. The number of hydrogen-bond donors (Lipinski definition) is 0. The molecular weight excluding hydrogens is 394 g/mol. The van der Waals surface area contributed by atoms with Gasteiger partial charge in [-0.3, -0.25) is 4.98 Å². The van der Waals surface area contributed by atoms with Gasteiger partial charge in [0.25, 0.3) is 0 Å². The molecule has 0 saturated carbocycles. The van der Waals surface area contributed by atoms with Crippen molar-refractivity contribution < 1.29 is 26.3 Å². The minimum absolute atomic E-state index is 0.182. The fourth-order valence-corrected chi connectivity index (χ4v) is 2.85. The fraction of sp³-hybridized carbons (Fsp3) is 0.143. The van der Waals surface area contributed by atoms with E-state index >= 15 is 0 Å². The Morgan fingerprint density at radius 3 is 1.86 bits per heavy atom. The molecule has 0 fully saturated rings. The lowest BCUT2D eigenvalue weighted by molar-refractivity contribution is -0.138. The first-order valence-electron chi connectivity index (χ1n) is 8.32. The molecule has 29 heavy (non-hydrogen) atoms. The number of nitrogens with zero attached hydrogens (tertiary/aromatic N) is 2. The maximum atomic E-state index is 13.0. The Hall–Kier alpha value is -3.34. The molecule has 2 aromatic carbocycles. The predicted octanol–water partition coefficient (Wildman–Crippen LogP) is 6.52. The molecule has 0 amide bonds. The number of aromatic nitrogens is 1. The summed E-state index contributed by atoms with van der Waals surface area (Å²) in [5.74, 6) is 0. The lowest BCUT2D eigenvalue weighted by Crippen LogP contribution is -2.05. The Labute approximate surface area is 162 Å². The van der Waals surface area contributed by atoms with E-state index in [2.05, 4.69) is 4.98 Å². The quantitative estimate of drug-likeness (QED) is 0.465. The van der Waals surface area contributed by atoms with Crippen molar-refractivity contribution in [3.63, 3.8) is 0 Å². The highest BCUT2D eigenvalue weighted by Crippen LogP contribution is 2.35. The maximum Gasteiger partial charge on any atom is 0.416 e. The molecule has 0 aliphatic rings. The van der Waals surface area contributed by atoms with Crippen LogP contribution in [0.25, 0.3) is 22.4 Å². The molecule has 0 spiro atoms. The highest BCUT2D eigenvalue weighted by Gasteiger charge is 2.31. The summed E-state index contributed by atoms with van der Waals surface area (Å²) in [6.45, 7) is 0. The first-order valence-corrected chi connectivity index (χ1v) is 8.32. The van der Waals surface area contributed by atoms with Gasteiger partial charge in [-0.15, -0.1) is 0 Å². The van der Waals surface area contributed by atoms with E-state index in [1.807, 2.05) is 6.07 Å². The largest absolute Gasteiger partial charge is 0.416 e. The summed E-state index contributed by atoms with van der Waals surface area (Å²) in [7, 11) is 0. The first kappa shape index (κ1) is 20.4. The predicted molar refractivity (Wildman–Crippen MR) is 94.4 cm³/mol. The SMILES string of the molecule is N#CCc1nc(-c2cccc(C(F)(F)F)c2)ccc1-c1cccc(C(F)(F)F)c1. The molecule has 3 rings (SSSR count). The molecule has 2 nitrogen and oxygen atoms in total. The van der Waals surface area contributed by atoms with Crippen LogP contribution in [0.1, 0.15) is 16.8 Å². The third kappa shape index (κ3) is 4.57. The van der Waals surface area contributed by atoms with Crippen LogP contribution in [-0.2, 0) is 18.8 Å². The van der Waals surface area contributed by atoms with E-state index in [1.165, 1.54) is 36.4 Å². The van der Waals surface area contributed by atoms with Crippen LogP contribution in [0, 0.1) is 11.3 Å². The zero-order valence-electron chi connectivity index (χ0n) is 14.6. The number of nitriles is 1. The second kappa shape index (κ2) is 7.59. The molecule has 1 heterocycles. The van der Waals surface area contributed by atoms with Crippen molar-refractivity contribution >= 4 is 0 Å². The van der Waals surface area contributed by atoms with Crippen LogP contribution in [0.2, 0.25) is 0 Å². The van der Waals surface area contributed by atoms with Gasteiger partial charge in [0.1, 0.15) is 0 Å². The van der Waals surface area contributed by atoms with Crippen LogP contribution in [0.4, 0.5) is 26.3 Å². The molecule has 0 N–H and O–H groups in total. The standard InChI is InChI=1S/C21H12F6N2/c22-20(23,24)15-5-1-3-13(11-15)17-7-8-18(29-19(17)9-10-28)14-4-2-6-16(12-14)21(25,26)27/h1-8,11-12H,9H2. The minimum Gasteiger partial charge on any atom is -0.251 e. The highest BCUT2D eigenvalue weighted by molar-refractivity contribution is 5.71. The van der Waals surface area contributed by atoms with Gasteiger partial charge >= 0.3 is 12.4 Å². The van der Waals surface area contributed by atoms with Crippen LogP contribution >= 0.6 is 0 Å². The van der Waals surface area contributed by atoms with Crippen molar-refractivity contribution in [3.05, 3.63) is 77.5 Å². The molecule has 0 aliphatic heterocycles. The third-order valence-corrected chi connectivity index (χ3v) is 4.21. The topological polar surface area (TPSA) is 36.7 Å². The van der Waals surface area contributed by atoms with Crippen LogP contribution in [0.5, 0.6) is 0 Å². The van der Waals surface area contributed by atoms with E-state index in [0.29, 0.717) is 5.56 Å². The molecule has 8 heteroatoms. The number of benzene rings is 2. The second-order valence-electron chi connectivity index (χ2n) is 6.18. The van der Waals surface area contributed by atoms with E-state index in [-0.39, 0.29) is 28.9 Å². The number of hydrogen-bond acceptors (Lipinski definition) is 2. The van der Waals surface area contributed by atoms with E-state index in [1.54, 1.807) is 0 Å². The van der Waals surface area contributed by atoms with Crippen LogP contribution in [0.3, 0.4) is 0 Å². The zero-order chi connectivity index (χ0) is 21.2. The van der Waals surface area contributed by atoms with Crippen LogP contribution in [0.15, 0.2) is 60.7 Å². The number of alkyl halides is 6. The van der Waals surface area contributed by atoms with Gasteiger partial charge in [0, 0.05) is 11.1 Å². The minimum atomic E-state index is -4.53.